The van der Waals surface area contributed by atoms with Crippen molar-refractivity contribution in [2.45, 2.75) is 37.9 Å². The van der Waals surface area contributed by atoms with E-state index in [1.54, 1.807) is 19.9 Å². The molecule has 0 aromatic heterocycles. The van der Waals surface area contributed by atoms with Crippen molar-refractivity contribution in [1.29, 1.82) is 0 Å². The maximum Gasteiger partial charge on any atom is 0.164 e. The zero-order valence-corrected chi connectivity index (χ0v) is 7.93. The van der Waals surface area contributed by atoms with E-state index in [4.69, 9.17) is 14.6 Å². The molecule has 0 spiro atoms. The highest BCUT2D eigenvalue weighted by Crippen LogP contribution is 2.30. The molecule has 0 aromatic carbocycles. The van der Waals surface area contributed by atoms with Crippen LogP contribution in [-0.2, 0) is 9.47 Å². The second kappa shape index (κ2) is 3.75. The molecule has 0 radical (unpaired) electrons. The number of rotatable bonds is 3. The lowest BCUT2D eigenvalue weighted by molar-refractivity contribution is -0.155. The molecule has 0 bridgehead atoms. The Morgan fingerprint density at radius 3 is 2.62 bits per heavy atom. The van der Waals surface area contributed by atoms with Crippen molar-refractivity contribution in [1.82, 2.24) is 0 Å². The minimum atomic E-state index is -0.926. The van der Waals surface area contributed by atoms with Gasteiger partial charge in [0.15, 0.2) is 5.79 Å². The molecule has 1 rings (SSSR count). The van der Waals surface area contributed by atoms with Crippen molar-refractivity contribution in [3.63, 3.8) is 0 Å². The average Bonchev–Trinajstić information content (AvgIpc) is 2.39. The lowest BCUT2D eigenvalue weighted by Crippen LogP contribution is -2.36. The maximum absolute atomic E-state index is 9.39. The topological polar surface area (TPSA) is 58.9 Å². The van der Waals surface area contributed by atoms with E-state index in [1.807, 2.05) is 0 Å². The van der Waals surface area contributed by atoms with Crippen molar-refractivity contribution >= 4 is 0 Å². The summed E-state index contributed by atoms with van der Waals surface area (Å²) in [6.07, 6.45) is -0.252. The summed E-state index contributed by atoms with van der Waals surface area (Å²) < 4.78 is 10.8. The number of hydrogen-bond acceptors (Lipinski definition) is 4. The van der Waals surface area contributed by atoms with E-state index in [0.717, 1.165) is 0 Å². The van der Waals surface area contributed by atoms with Gasteiger partial charge in [0, 0.05) is 0 Å². The normalized spacial score (nSPS) is 34.5. The molecule has 76 valence electrons. The van der Waals surface area contributed by atoms with E-state index in [9.17, 15) is 5.11 Å². The van der Waals surface area contributed by atoms with Gasteiger partial charge in [-0.05, 0) is 13.8 Å². The SMILES string of the molecule is C=C[C@@H]1OC(C)(C)O[C@@H]1[C@@H](O)CO. The van der Waals surface area contributed by atoms with Crippen molar-refractivity contribution in [2.75, 3.05) is 6.61 Å². The lowest BCUT2D eigenvalue weighted by atomic mass is 10.1. The Morgan fingerprint density at radius 2 is 2.15 bits per heavy atom. The van der Waals surface area contributed by atoms with Gasteiger partial charge in [0.05, 0.1) is 6.61 Å². The fourth-order valence-corrected chi connectivity index (χ4v) is 1.40. The molecule has 13 heavy (non-hydrogen) atoms. The van der Waals surface area contributed by atoms with Crippen molar-refractivity contribution < 1.29 is 19.7 Å². The molecule has 0 saturated carbocycles. The molecule has 0 aliphatic carbocycles. The second-order valence-electron chi connectivity index (χ2n) is 3.55. The largest absolute Gasteiger partial charge is 0.394 e. The van der Waals surface area contributed by atoms with Crippen LogP contribution in [0.15, 0.2) is 12.7 Å². The van der Waals surface area contributed by atoms with E-state index >= 15 is 0 Å². The van der Waals surface area contributed by atoms with Gasteiger partial charge in [0.2, 0.25) is 0 Å². The molecule has 4 heteroatoms. The highest BCUT2D eigenvalue weighted by atomic mass is 16.8. The van der Waals surface area contributed by atoms with Crippen LogP contribution in [0.5, 0.6) is 0 Å². The standard InChI is InChI=1S/C9H16O4/c1-4-7-8(6(11)5-10)13-9(2,3)12-7/h4,6-8,10-11H,1,5H2,2-3H3/t6-,7-,8+/m0/s1. The van der Waals surface area contributed by atoms with Crippen LogP contribution in [0, 0.1) is 0 Å². The summed E-state index contributed by atoms with van der Waals surface area (Å²) in [5, 5.41) is 18.1. The average molecular weight is 188 g/mol. The first-order chi connectivity index (χ1) is 6.00. The van der Waals surface area contributed by atoms with E-state index in [1.165, 1.54) is 0 Å². The third kappa shape index (κ3) is 2.28. The minimum Gasteiger partial charge on any atom is -0.394 e. The Hall–Kier alpha value is -0.420. The number of ether oxygens (including phenoxy) is 2. The Kier molecular flexibility index (Phi) is 3.08. The van der Waals surface area contributed by atoms with Gasteiger partial charge in [-0.25, -0.2) is 0 Å². The molecule has 4 nitrogen and oxygen atoms in total. The predicted octanol–water partition coefficient (Wildman–Crippen LogP) is 0.0457. The Bertz CT molecular complexity index is 190. The second-order valence-corrected chi connectivity index (χ2v) is 3.55. The van der Waals surface area contributed by atoms with Gasteiger partial charge >= 0.3 is 0 Å². The van der Waals surface area contributed by atoms with Crippen LogP contribution in [-0.4, -0.2) is 40.9 Å². The van der Waals surface area contributed by atoms with Gasteiger partial charge in [0.1, 0.15) is 18.3 Å². The maximum atomic E-state index is 9.39. The smallest absolute Gasteiger partial charge is 0.164 e. The fraction of sp³-hybridized carbons (Fsp3) is 0.778. The molecule has 1 aliphatic heterocycles. The van der Waals surface area contributed by atoms with Gasteiger partial charge in [-0.2, -0.15) is 0 Å². The van der Waals surface area contributed by atoms with E-state index in [0.29, 0.717) is 0 Å². The molecule has 2 N–H and O–H groups in total. The molecule has 1 heterocycles. The van der Waals surface area contributed by atoms with Crippen molar-refractivity contribution in [2.24, 2.45) is 0 Å². The third-order valence-corrected chi connectivity index (χ3v) is 1.96. The van der Waals surface area contributed by atoms with Gasteiger partial charge in [-0.15, -0.1) is 6.58 Å². The van der Waals surface area contributed by atoms with E-state index in [2.05, 4.69) is 6.58 Å². The summed E-state index contributed by atoms with van der Waals surface area (Å²) in [7, 11) is 0. The minimum absolute atomic E-state index is 0.339. The molecular formula is C9H16O4. The van der Waals surface area contributed by atoms with Crippen LogP contribution in [0.1, 0.15) is 13.8 Å². The highest BCUT2D eigenvalue weighted by Gasteiger charge is 2.42. The summed E-state index contributed by atoms with van der Waals surface area (Å²) in [5.74, 6) is -0.723. The predicted molar refractivity (Wildman–Crippen MR) is 47.1 cm³/mol. The summed E-state index contributed by atoms with van der Waals surface area (Å²) in [6, 6.07) is 0. The first-order valence-corrected chi connectivity index (χ1v) is 4.27. The van der Waals surface area contributed by atoms with E-state index in [-0.39, 0.29) is 12.7 Å². The summed E-state index contributed by atoms with van der Waals surface area (Å²) in [6.45, 7) is 6.75. The number of hydrogen-bond donors (Lipinski definition) is 2. The molecule has 1 fully saturated rings. The van der Waals surface area contributed by atoms with E-state index < -0.39 is 18.0 Å². The monoisotopic (exact) mass is 188 g/mol. The highest BCUT2D eigenvalue weighted by molar-refractivity contribution is 4.96. The summed E-state index contributed by atoms with van der Waals surface area (Å²) >= 11 is 0. The van der Waals surface area contributed by atoms with Gasteiger partial charge in [-0.3, -0.25) is 0 Å². The van der Waals surface area contributed by atoms with Gasteiger partial charge in [0.25, 0.3) is 0 Å². The van der Waals surface area contributed by atoms with Crippen LogP contribution in [0.3, 0.4) is 0 Å². The number of aliphatic hydroxyl groups excluding tert-OH is 2. The molecule has 0 aromatic rings. The zero-order chi connectivity index (χ0) is 10.1. The van der Waals surface area contributed by atoms with Crippen molar-refractivity contribution in [3.05, 3.63) is 12.7 Å². The third-order valence-electron chi connectivity index (χ3n) is 1.96. The molecule has 3 atom stereocenters. The fourth-order valence-electron chi connectivity index (χ4n) is 1.40. The lowest BCUT2D eigenvalue weighted by Gasteiger charge is -2.19. The van der Waals surface area contributed by atoms with Crippen LogP contribution in [0.4, 0.5) is 0 Å². The van der Waals surface area contributed by atoms with Crippen LogP contribution in [0.25, 0.3) is 0 Å². The van der Waals surface area contributed by atoms with Crippen LogP contribution >= 0.6 is 0 Å². The zero-order valence-electron chi connectivity index (χ0n) is 7.93. The first-order valence-electron chi connectivity index (χ1n) is 4.27. The summed E-state index contributed by atoms with van der Waals surface area (Å²) in [5.41, 5.74) is 0. The Balaban J connectivity index is 2.68. The van der Waals surface area contributed by atoms with Crippen molar-refractivity contribution in [3.8, 4) is 0 Å². The van der Waals surface area contributed by atoms with Gasteiger partial charge in [-0.1, -0.05) is 6.08 Å². The molecule has 0 amide bonds. The Morgan fingerprint density at radius 1 is 1.54 bits per heavy atom. The Labute approximate surface area is 77.8 Å². The first kappa shape index (κ1) is 10.7. The van der Waals surface area contributed by atoms with Gasteiger partial charge < -0.3 is 19.7 Å². The summed E-state index contributed by atoms with van der Waals surface area (Å²) in [4.78, 5) is 0. The molecule has 0 unspecified atom stereocenters. The molecular weight excluding hydrogens is 172 g/mol. The molecule has 1 saturated heterocycles. The quantitative estimate of drug-likeness (QED) is 0.614. The van der Waals surface area contributed by atoms with Crippen LogP contribution < -0.4 is 0 Å². The van der Waals surface area contributed by atoms with Crippen LogP contribution in [0.2, 0.25) is 0 Å². The number of aliphatic hydroxyl groups is 2. The molecule has 1 aliphatic rings.